The van der Waals surface area contributed by atoms with Gasteiger partial charge in [0.15, 0.2) is 5.17 Å². The number of hydrogen-bond donors (Lipinski definition) is 2. The van der Waals surface area contributed by atoms with Gasteiger partial charge in [-0.1, -0.05) is 32.5 Å². The van der Waals surface area contributed by atoms with Crippen molar-refractivity contribution in [3.63, 3.8) is 0 Å². The minimum Gasteiger partial charge on any atom is -0.356 e. The highest BCUT2D eigenvalue weighted by Gasteiger charge is 2.15. The summed E-state index contributed by atoms with van der Waals surface area (Å²) in [6, 6.07) is 0. The number of carbonyl (C=O) groups excluding carboxylic acids is 1. The highest BCUT2D eigenvalue weighted by atomic mass is 32.2. The summed E-state index contributed by atoms with van der Waals surface area (Å²) in [6.07, 6.45) is 0. The van der Waals surface area contributed by atoms with Gasteiger partial charge in [-0.2, -0.15) is 0 Å². The molecule has 0 aromatic carbocycles. The molecule has 2 N–H and O–H groups in total. The number of aliphatic imine (C=N–C) groups is 1. The van der Waals surface area contributed by atoms with Crippen LogP contribution in [-0.4, -0.2) is 36.0 Å². The van der Waals surface area contributed by atoms with Gasteiger partial charge < -0.3 is 10.6 Å². The molecule has 4 nitrogen and oxygen atoms in total. The van der Waals surface area contributed by atoms with Crippen molar-refractivity contribution < 1.29 is 4.79 Å². The maximum absolute atomic E-state index is 11.3. The average Bonchev–Trinajstić information content (AvgIpc) is 2.58. The van der Waals surface area contributed by atoms with Gasteiger partial charge >= 0.3 is 0 Å². The highest BCUT2D eigenvalue weighted by molar-refractivity contribution is 8.14. The molecule has 1 amide bonds. The molecule has 0 spiro atoms. The maximum Gasteiger partial charge on any atom is 0.239 e. The Morgan fingerprint density at radius 1 is 1.67 bits per heavy atom. The highest BCUT2D eigenvalue weighted by Crippen LogP contribution is 2.17. The van der Waals surface area contributed by atoms with E-state index in [-0.39, 0.29) is 5.91 Å². The Morgan fingerprint density at radius 3 is 2.93 bits per heavy atom. The molecule has 1 atom stereocenters. The Hall–Kier alpha value is -0.710. The zero-order valence-electron chi connectivity index (χ0n) is 9.54. The van der Waals surface area contributed by atoms with E-state index in [2.05, 4.69) is 36.4 Å². The fourth-order valence-electron chi connectivity index (χ4n) is 1.11. The standard InChI is InChI=1S/C10H19N3OS/c1-7(2)4-11-9(14)6-13-10-12-5-8(3)15-10/h7-8H,4-6H2,1-3H3,(H,11,14)(H,12,13). The van der Waals surface area contributed by atoms with Crippen molar-refractivity contribution >= 4 is 22.8 Å². The Labute approximate surface area is 95.3 Å². The van der Waals surface area contributed by atoms with Gasteiger partial charge in [-0.15, -0.1) is 0 Å². The monoisotopic (exact) mass is 229 g/mol. The van der Waals surface area contributed by atoms with Crippen molar-refractivity contribution in [2.24, 2.45) is 10.9 Å². The van der Waals surface area contributed by atoms with Crippen LogP contribution in [0, 0.1) is 5.92 Å². The lowest BCUT2D eigenvalue weighted by molar-refractivity contribution is -0.120. The molecule has 86 valence electrons. The minimum atomic E-state index is 0.0338. The van der Waals surface area contributed by atoms with Crippen LogP contribution in [0.25, 0.3) is 0 Å². The summed E-state index contributed by atoms with van der Waals surface area (Å²) >= 11 is 1.69. The van der Waals surface area contributed by atoms with Gasteiger partial charge in [-0.05, 0) is 5.92 Å². The van der Waals surface area contributed by atoms with Gasteiger partial charge in [-0.3, -0.25) is 9.79 Å². The second-order valence-corrected chi connectivity index (χ2v) is 5.55. The molecular formula is C10H19N3OS. The second kappa shape index (κ2) is 6.00. The summed E-state index contributed by atoms with van der Waals surface area (Å²) in [5, 5.41) is 7.31. The number of amidine groups is 1. The van der Waals surface area contributed by atoms with Crippen molar-refractivity contribution in [1.29, 1.82) is 0 Å². The molecule has 1 aliphatic heterocycles. The summed E-state index contributed by atoms with van der Waals surface area (Å²) in [5.41, 5.74) is 0. The van der Waals surface area contributed by atoms with Crippen molar-refractivity contribution in [3.05, 3.63) is 0 Å². The molecule has 1 rings (SSSR count). The summed E-state index contributed by atoms with van der Waals surface area (Å²) in [4.78, 5) is 15.6. The van der Waals surface area contributed by atoms with E-state index in [1.807, 2.05) is 0 Å². The first-order chi connectivity index (χ1) is 7.08. The van der Waals surface area contributed by atoms with Crippen LogP contribution < -0.4 is 10.6 Å². The zero-order chi connectivity index (χ0) is 11.3. The topological polar surface area (TPSA) is 53.5 Å². The largest absolute Gasteiger partial charge is 0.356 e. The molecule has 0 saturated heterocycles. The fraction of sp³-hybridized carbons (Fsp3) is 0.800. The molecule has 0 aromatic rings. The number of carbonyl (C=O) groups is 1. The lowest BCUT2D eigenvalue weighted by atomic mass is 10.2. The molecule has 5 heteroatoms. The van der Waals surface area contributed by atoms with Crippen molar-refractivity contribution in [2.75, 3.05) is 19.6 Å². The molecule has 0 bridgehead atoms. The molecule has 0 fully saturated rings. The smallest absolute Gasteiger partial charge is 0.239 e. The Morgan fingerprint density at radius 2 is 2.40 bits per heavy atom. The summed E-state index contributed by atoms with van der Waals surface area (Å²) in [7, 11) is 0. The third-order valence-electron chi connectivity index (χ3n) is 1.91. The number of hydrogen-bond acceptors (Lipinski definition) is 4. The fourth-order valence-corrected chi connectivity index (χ4v) is 1.95. The number of nitrogens with one attached hydrogen (secondary N) is 2. The van der Waals surface area contributed by atoms with Crippen LogP contribution in [0.3, 0.4) is 0 Å². The minimum absolute atomic E-state index is 0.0338. The van der Waals surface area contributed by atoms with Crippen LogP contribution >= 0.6 is 11.8 Å². The third kappa shape index (κ3) is 5.06. The summed E-state index contributed by atoms with van der Waals surface area (Å²) in [6.45, 7) is 8.18. The predicted molar refractivity (Wildman–Crippen MR) is 65.2 cm³/mol. The second-order valence-electron chi connectivity index (χ2n) is 4.13. The molecule has 15 heavy (non-hydrogen) atoms. The number of nitrogens with zero attached hydrogens (tertiary/aromatic N) is 1. The van der Waals surface area contributed by atoms with E-state index in [0.717, 1.165) is 18.3 Å². The molecule has 0 aromatic heterocycles. The van der Waals surface area contributed by atoms with E-state index in [4.69, 9.17) is 0 Å². The number of thioether (sulfide) groups is 1. The Balaban J connectivity index is 2.12. The average molecular weight is 229 g/mol. The third-order valence-corrected chi connectivity index (χ3v) is 2.96. The molecule has 1 aliphatic rings. The van der Waals surface area contributed by atoms with Crippen LogP contribution in [0.1, 0.15) is 20.8 Å². The van der Waals surface area contributed by atoms with Crippen molar-refractivity contribution in [1.82, 2.24) is 10.6 Å². The Kier molecular flexibility index (Phi) is 4.94. The van der Waals surface area contributed by atoms with Crippen LogP contribution in [0.2, 0.25) is 0 Å². The van der Waals surface area contributed by atoms with Gasteiger partial charge in [0, 0.05) is 11.8 Å². The molecule has 1 unspecified atom stereocenters. The van der Waals surface area contributed by atoms with Crippen molar-refractivity contribution in [3.8, 4) is 0 Å². The molecule has 0 saturated carbocycles. The first kappa shape index (κ1) is 12.4. The van der Waals surface area contributed by atoms with Crippen LogP contribution in [0.15, 0.2) is 4.99 Å². The van der Waals surface area contributed by atoms with Crippen LogP contribution in [0.4, 0.5) is 0 Å². The van der Waals surface area contributed by atoms with E-state index in [9.17, 15) is 4.79 Å². The lowest BCUT2D eigenvalue weighted by Gasteiger charge is -2.08. The lowest BCUT2D eigenvalue weighted by Crippen LogP contribution is -2.37. The number of rotatable bonds is 4. The zero-order valence-corrected chi connectivity index (χ0v) is 10.4. The van der Waals surface area contributed by atoms with E-state index in [1.54, 1.807) is 11.8 Å². The maximum atomic E-state index is 11.3. The van der Waals surface area contributed by atoms with Gasteiger partial charge in [0.05, 0.1) is 13.1 Å². The molecule has 1 heterocycles. The predicted octanol–water partition coefficient (Wildman–Crippen LogP) is 0.840. The van der Waals surface area contributed by atoms with Gasteiger partial charge in [0.1, 0.15) is 0 Å². The van der Waals surface area contributed by atoms with Gasteiger partial charge in [-0.25, -0.2) is 0 Å². The van der Waals surface area contributed by atoms with Crippen LogP contribution in [0.5, 0.6) is 0 Å². The van der Waals surface area contributed by atoms with Crippen molar-refractivity contribution in [2.45, 2.75) is 26.0 Å². The van der Waals surface area contributed by atoms with Gasteiger partial charge in [0.2, 0.25) is 5.91 Å². The van der Waals surface area contributed by atoms with Gasteiger partial charge in [0.25, 0.3) is 0 Å². The van der Waals surface area contributed by atoms with Crippen LogP contribution in [-0.2, 0) is 4.79 Å². The van der Waals surface area contributed by atoms with E-state index >= 15 is 0 Å². The first-order valence-corrected chi connectivity index (χ1v) is 6.17. The summed E-state index contributed by atoms with van der Waals surface area (Å²) < 4.78 is 0. The van der Waals surface area contributed by atoms with E-state index in [0.29, 0.717) is 17.7 Å². The SMILES string of the molecule is CC(C)CNC(=O)CNC1=NCC(C)S1. The van der Waals surface area contributed by atoms with E-state index < -0.39 is 0 Å². The quantitative estimate of drug-likeness (QED) is 0.751. The summed E-state index contributed by atoms with van der Waals surface area (Å²) in [5.74, 6) is 0.527. The van der Waals surface area contributed by atoms with E-state index in [1.165, 1.54) is 0 Å². The Bertz CT molecular complexity index is 253. The number of amides is 1. The molecule has 0 aliphatic carbocycles. The molecule has 0 radical (unpaired) electrons. The normalized spacial score (nSPS) is 20.3. The first-order valence-electron chi connectivity index (χ1n) is 5.29. The molecular weight excluding hydrogens is 210 g/mol.